The Balaban J connectivity index is 2.30. The molecule has 1 aromatic heterocycles. The molecule has 0 aliphatic rings. The van der Waals surface area contributed by atoms with Gasteiger partial charge in [0.25, 0.3) is 5.91 Å². The lowest BCUT2D eigenvalue weighted by molar-refractivity contribution is -0.114. The van der Waals surface area contributed by atoms with Crippen LogP contribution in [0.1, 0.15) is 11.3 Å². The largest absolute Gasteiger partial charge is 0.404 e. The third kappa shape index (κ3) is 4.68. The molecule has 0 fully saturated rings. The molecule has 7 heteroatoms. The molecule has 2 amide bonds. The van der Waals surface area contributed by atoms with Gasteiger partial charge in [0.2, 0.25) is 5.91 Å². The van der Waals surface area contributed by atoms with Gasteiger partial charge in [-0.15, -0.1) is 0 Å². The van der Waals surface area contributed by atoms with Gasteiger partial charge < -0.3 is 21.8 Å². The van der Waals surface area contributed by atoms with E-state index in [-0.39, 0.29) is 18.0 Å². The highest BCUT2D eigenvalue weighted by molar-refractivity contribution is 6.27. The fraction of sp³-hybridized carbons (Fsp3) is 0.0556. The first-order valence-electron chi connectivity index (χ1n) is 7.47. The third-order valence-corrected chi connectivity index (χ3v) is 3.34. The summed E-state index contributed by atoms with van der Waals surface area (Å²) in [6.07, 6.45) is 4.05. The number of nitrogens with one attached hydrogen (secondary N) is 2. The Hall–Kier alpha value is -3.61. The van der Waals surface area contributed by atoms with Crippen molar-refractivity contribution in [2.75, 3.05) is 5.32 Å². The predicted octanol–water partition coefficient (Wildman–Crippen LogP) is 1.46. The Morgan fingerprint density at radius 3 is 2.68 bits per heavy atom. The van der Waals surface area contributed by atoms with Crippen LogP contribution in [0.5, 0.6) is 0 Å². The molecular formula is C18H19N5O2. The number of benzene rings is 1. The van der Waals surface area contributed by atoms with Crippen LogP contribution in [0.25, 0.3) is 0 Å². The molecule has 0 atom stereocenters. The van der Waals surface area contributed by atoms with Gasteiger partial charge in [0.1, 0.15) is 0 Å². The Labute approximate surface area is 145 Å². The number of anilines is 1. The lowest BCUT2D eigenvalue weighted by atomic mass is 10.1. The van der Waals surface area contributed by atoms with Crippen LogP contribution >= 0.6 is 0 Å². The van der Waals surface area contributed by atoms with Crippen LogP contribution in [-0.2, 0) is 16.1 Å². The maximum absolute atomic E-state index is 11.6. The molecule has 0 radical (unpaired) electrons. The number of hydrogen-bond acceptors (Lipinski definition) is 4. The summed E-state index contributed by atoms with van der Waals surface area (Å²) in [6, 6.07) is 10.8. The summed E-state index contributed by atoms with van der Waals surface area (Å²) in [5, 5.41) is 2.68. The molecule has 2 rings (SSSR count). The molecule has 0 spiro atoms. The van der Waals surface area contributed by atoms with Crippen molar-refractivity contribution in [3.63, 3.8) is 0 Å². The quantitative estimate of drug-likeness (QED) is 0.451. The highest BCUT2D eigenvalue weighted by atomic mass is 16.1. The number of primary amides is 1. The summed E-state index contributed by atoms with van der Waals surface area (Å²) >= 11 is 0. The fourth-order valence-corrected chi connectivity index (χ4v) is 2.18. The van der Waals surface area contributed by atoms with Gasteiger partial charge in [-0.25, -0.2) is 0 Å². The second kappa shape index (κ2) is 8.30. The van der Waals surface area contributed by atoms with Gasteiger partial charge in [-0.3, -0.25) is 14.6 Å². The zero-order valence-electron chi connectivity index (χ0n) is 13.5. The van der Waals surface area contributed by atoms with Gasteiger partial charge in [-0.2, -0.15) is 0 Å². The minimum Gasteiger partial charge on any atom is -0.404 e. The summed E-state index contributed by atoms with van der Waals surface area (Å²) in [5.41, 5.74) is 13.5. The number of rotatable bonds is 7. The first-order chi connectivity index (χ1) is 12.0. The molecule has 0 saturated heterocycles. The summed E-state index contributed by atoms with van der Waals surface area (Å²) in [7, 11) is 0. The molecule has 7 nitrogen and oxygen atoms in total. The minimum absolute atomic E-state index is 0.124. The molecule has 25 heavy (non-hydrogen) atoms. The molecule has 0 unspecified atom stereocenters. The van der Waals surface area contributed by atoms with E-state index in [1.54, 1.807) is 36.5 Å². The van der Waals surface area contributed by atoms with Crippen LogP contribution < -0.4 is 16.8 Å². The normalized spacial score (nSPS) is 11.8. The van der Waals surface area contributed by atoms with Crippen LogP contribution in [0.2, 0.25) is 0 Å². The average Bonchev–Trinajstić information content (AvgIpc) is 3.12. The number of carbonyl (C=O) groups excluding carboxylic acids is 2. The highest BCUT2D eigenvalue weighted by Crippen LogP contribution is 2.14. The van der Waals surface area contributed by atoms with Gasteiger partial charge in [0.05, 0.1) is 23.5 Å². The maximum atomic E-state index is 11.6. The van der Waals surface area contributed by atoms with Crippen molar-refractivity contribution in [1.82, 2.24) is 4.98 Å². The number of nitrogens with zero attached hydrogens (tertiary/aromatic N) is 1. The molecule has 0 saturated carbocycles. The van der Waals surface area contributed by atoms with Gasteiger partial charge in [0, 0.05) is 18.1 Å². The van der Waals surface area contributed by atoms with Crippen molar-refractivity contribution < 1.29 is 9.59 Å². The third-order valence-electron chi connectivity index (χ3n) is 3.34. The van der Waals surface area contributed by atoms with Gasteiger partial charge in [0.15, 0.2) is 0 Å². The zero-order chi connectivity index (χ0) is 18.2. The summed E-state index contributed by atoms with van der Waals surface area (Å²) in [5.74, 6) is -0.961. The predicted molar refractivity (Wildman–Crippen MR) is 97.8 cm³/mol. The Bertz CT molecular complexity index is 835. The molecule has 0 aliphatic heterocycles. The van der Waals surface area contributed by atoms with E-state index in [1.807, 2.05) is 6.07 Å². The number of carbonyl (C=O) groups is 2. The molecule has 0 aliphatic carbocycles. The molecular weight excluding hydrogens is 318 g/mol. The number of hydrogen-bond donors (Lipinski definition) is 4. The molecule has 0 bridgehead atoms. The van der Waals surface area contributed by atoms with Crippen LogP contribution in [0.3, 0.4) is 0 Å². The van der Waals surface area contributed by atoms with Crippen molar-refractivity contribution in [1.29, 1.82) is 0 Å². The van der Waals surface area contributed by atoms with Crippen molar-refractivity contribution >= 4 is 23.2 Å². The Kier molecular flexibility index (Phi) is 5.89. The molecule has 2 aromatic rings. The van der Waals surface area contributed by atoms with Crippen LogP contribution in [0, 0.1) is 0 Å². The molecule has 1 heterocycles. The van der Waals surface area contributed by atoms with Crippen LogP contribution in [-0.4, -0.2) is 22.5 Å². The van der Waals surface area contributed by atoms with Gasteiger partial charge >= 0.3 is 0 Å². The lowest BCUT2D eigenvalue weighted by Crippen LogP contribution is -2.23. The maximum Gasteiger partial charge on any atom is 0.252 e. The number of aliphatic imine (C=N–C) groups is 1. The van der Waals surface area contributed by atoms with E-state index in [2.05, 4.69) is 21.9 Å². The van der Waals surface area contributed by atoms with E-state index in [0.29, 0.717) is 17.1 Å². The average molecular weight is 337 g/mol. The number of H-pyrrole nitrogens is 1. The number of aromatic amines is 1. The van der Waals surface area contributed by atoms with E-state index in [9.17, 15) is 9.59 Å². The first-order valence-corrected chi connectivity index (χ1v) is 7.47. The monoisotopic (exact) mass is 337 g/mol. The second-order valence-electron chi connectivity index (χ2n) is 5.09. The topological polar surface area (TPSA) is 126 Å². The van der Waals surface area contributed by atoms with Crippen molar-refractivity contribution in [3.8, 4) is 0 Å². The lowest BCUT2D eigenvalue weighted by Gasteiger charge is -2.08. The van der Waals surface area contributed by atoms with E-state index in [0.717, 1.165) is 11.8 Å². The molecule has 128 valence electrons. The smallest absolute Gasteiger partial charge is 0.252 e. The standard InChI is InChI=1S/C18H19N5O2/c1-2-16(24)23-13-6-3-5-12(9-13)11-22-17(14(10-19)18(20)25)15-7-4-8-21-15/h2-10,21H,1,11,19H2,(H2,20,25)(H,23,24). The van der Waals surface area contributed by atoms with Crippen molar-refractivity contribution in [3.05, 3.63) is 78.3 Å². The second-order valence-corrected chi connectivity index (χ2v) is 5.09. The highest BCUT2D eigenvalue weighted by Gasteiger charge is 2.15. The van der Waals surface area contributed by atoms with Crippen LogP contribution in [0.15, 0.2) is 72.0 Å². The Morgan fingerprint density at radius 1 is 1.28 bits per heavy atom. The molecule has 6 N–H and O–H groups in total. The summed E-state index contributed by atoms with van der Waals surface area (Å²) < 4.78 is 0. The minimum atomic E-state index is -0.664. The SMILES string of the molecule is C=CC(=O)Nc1cccc(CN=C(C(=CN)C(N)=O)c2ccc[nH]2)c1. The number of nitrogens with two attached hydrogens (primary N) is 2. The van der Waals surface area contributed by atoms with Crippen molar-refractivity contribution in [2.45, 2.75) is 6.54 Å². The van der Waals surface area contributed by atoms with E-state index in [1.165, 1.54) is 6.08 Å². The first kappa shape index (κ1) is 17.7. The van der Waals surface area contributed by atoms with Gasteiger partial charge in [-0.1, -0.05) is 18.7 Å². The summed E-state index contributed by atoms with van der Waals surface area (Å²) in [6.45, 7) is 3.69. The van der Waals surface area contributed by atoms with Crippen molar-refractivity contribution in [2.24, 2.45) is 16.5 Å². The number of amides is 2. The molecule has 1 aromatic carbocycles. The van der Waals surface area contributed by atoms with E-state index in [4.69, 9.17) is 11.5 Å². The van der Waals surface area contributed by atoms with E-state index >= 15 is 0 Å². The summed E-state index contributed by atoms with van der Waals surface area (Å²) in [4.78, 5) is 30.5. The van der Waals surface area contributed by atoms with Crippen LogP contribution in [0.4, 0.5) is 5.69 Å². The number of aromatic nitrogens is 1. The van der Waals surface area contributed by atoms with Gasteiger partial charge in [-0.05, 0) is 35.9 Å². The Morgan fingerprint density at radius 2 is 2.08 bits per heavy atom. The fourth-order valence-electron chi connectivity index (χ4n) is 2.18. The zero-order valence-corrected chi connectivity index (χ0v) is 13.5. The van der Waals surface area contributed by atoms with E-state index < -0.39 is 5.91 Å².